The predicted octanol–water partition coefficient (Wildman–Crippen LogP) is 0.811. The molecule has 0 fully saturated rings. The lowest BCUT2D eigenvalue weighted by atomic mass is 10.2. The van der Waals surface area contributed by atoms with Gasteiger partial charge in [-0.25, -0.2) is 0 Å². The van der Waals surface area contributed by atoms with Crippen LogP contribution in [0.5, 0.6) is 0 Å². The molecule has 1 N–H and O–H groups in total. The van der Waals surface area contributed by atoms with Crippen LogP contribution in [-0.2, 0) is 11.3 Å². The fraction of sp³-hybridized carbons (Fsp3) is 0.667. The van der Waals surface area contributed by atoms with Gasteiger partial charge < -0.3 is 10.0 Å². The van der Waals surface area contributed by atoms with Crippen molar-refractivity contribution < 1.29 is 9.90 Å². The zero-order valence-corrected chi connectivity index (χ0v) is 10.8. The molecule has 1 atom stereocenters. The highest BCUT2D eigenvalue weighted by Gasteiger charge is 2.09. The lowest BCUT2D eigenvalue weighted by Crippen LogP contribution is -2.30. The Morgan fingerprint density at radius 1 is 1.65 bits per heavy atom. The summed E-state index contributed by atoms with van der Waals surface area (Å²) in [6.07, 6.45) is 4.39. The van der Waals surface area contributed by atoms with Crippen molar-refractivity contribution in [3.8, 4) is 0 Å². The normalized spacial score (nSPS) is 12.5. The van der Waals surface area contributed by atoms with Crippen molar-refractivity contribution in [3.63, 3.8) is 0 Å². The van der Waals surface area contributed by atoms with E-state index in [2.05, 4.69) is 5.10 Å². The quantitative estimate of drug-likeness (QED) is 0.799. The monoisotopic (exact) mass is 239 g/mol. The summed E-state index contributed by atoms with van der Waals surface area (Å²) in [7, 11) is 1.76. The Morgan fingerprint density at radius 3 is 2.88 bits per heavy atom. The molecular formula is C12H21N3O2. The van der Waals surface area contributed by atoms with Crippen LogP contribution in [0, 0.1) is 6.92 Å². The summed E-state index contributed by atoms with van der Waals surface area (Å²) in [5, 5.41) is 13.3. The van der Waals surface area contributed by atoms with Crippen molar-refractivity contribution in [2.75, 3.05) is 13.6 Å². The van der Waals surface area contributed by atoms with Crippen LogP contribution < -0.4 is 0 Å². The van der Waals surface area contributed by atoms with E-state index >= 15 is 0 Å². The first-order valence-corrected chi connectivity index (χ1v) is 5.90. The second kappa shape index (κ2) is 6.39. The van der Waals surface area contributed by atoms with Crippen molar-refractivity contribution >= 4 is 5.91 Å². The van der Waals surface area contributed by atoms with Gasteiger partial charge in [-0.1, -0.05) is 0 Å². The van der Waals surface area contributed by atoms with Gasteiger partial charge in [0.05, 0.1) is 12.3 Å². The van der Waals surface area contributed by atoms with E-state index in [1.54, 1.807) is 29.7 Å². The summed E-state index contributed by atoms with van der Waals surface area (Å²) in [4.78, 5) is 13.4. The van der Waals surface area contributed by atoms with E-state index in [-0.39, 0.29) is 12.0 Å². The lowest BCUT2D eigenvalue weighted by Gasteiger charge is -2.17. The first kappa shape index (κ1) is 13.7. The van der Waals surface area contributed by atoms with E-state index in [9.17, 15) is 4.79 Å². The highest BCUT2D eigenvalue weighted by atomic mass is 16.3. The molecule has 1 heterocycles. The Labute approximate surface area is 102 Å². The van der Waals surface area contributed by atoms with E-state index in [1.165, 1.54) is 0 Å². The van der Waals surface area contributed by atoms with E-state index in [0.717, 1.165) is 5.56 Å². The van der Waals surface area contributed by atoms with Gasteiger partial charge in [-0.05, 0) is 25.8 Å². The minimum atomic E-state index is -0.362. The first-order chi connectivity index (χ1) is 7.99. The molecule has 17 heavy (non-hydrogen) atoms. The molecule has 1 amide bonds. The number of rotatable bonds is 6. The summed E-state index contributed by atoms with van der Waals surface area (Å²) in [5.74, 6) is 0.0822. The minimum absolute atomic E-state index is 0.0822. The summed E-state index contributed by atoms with van der Waals surface area (Å²) < 4.78 is 1.77. The average Bonchev–Trinajstić information content (AvgIpc) is 2.68. The average molecular weight is 239 g/mol. The molecule has 0 saturated carbocycles. The van der Waals surface area contributed by atoms with E-state index in [4.69, 9.17) is 5.11 Å². The van der Waals surface area contributed by atoms with Crippen molar-refractivity contribution in [2.45, 2.75) is 39.3 Å². The van der Waals surface area contributed by atoms with E-state index in [0.29, 0.717) is 25.9 Å². The molecule has 0 bridgehead atoms. The Balaban J connectivity index is 2.29. The first-order valence-electron chi connectivity index (χ1n) is 5.90. The summed E-state index contributed by atoms with van der Waals surface area (Å²) in [6, 6.07) is 0. The molecular weight excluding hydrogens is 218 g/mol. The third-order valence-corrected chi connectivity index (χ3v) is 2.63. The molecule has 0 aliphatic rings. The molecule has 0 saturated heterocycles. The molecule has 0 aromatic carbocycles. The van der Waals surface area contributed by atoms with Crippen molar-refractivity contribution in [3.05, 3.63) is 18.0 Å². The maximum absolute atomic E-state index is 11.7. The molecule has 1 unspecified atom stereocenters. The van der Waals surface area contributed by atoms with Crippen LogP contribution in [0.3, 0.4) is 0 Å². The number of aliphatic hydroxyl groups is 1. The molecule has 0 aliphatic carbocycles. The third kappa shape index (κ3) is 4.99. The molecule has 1 rings (SSSR count). The van der Waals surface area contributed by atoms with Gasteiger partial charge in [-0.2, -0.15) is 5.10 Å². The van der Waals surface area contributed by atoms with Gasteiger partial charge in [-0.15, -0.1) is 0 Å². The number of aryl methyl sites for hydroxylation is 2. The third-order valence-electron chi connectivity index (χ3n) is 2.63. The molecule has 96 valence electrons. The molecule has 5 nitrogen and oxygen atoms in total. The highest BCUT2D eigenvalue weighted by molar-refractivity contribution is 5.75. The van der Waals surface area contributed by atoms with Gasteiger partial charge in [0.2, 0.25) is 5.91 Å². The van der Waals surface area contributed by atoms with Crippen LogP contribution in [0.1, 0.15) is 25.3 Å². The van der Waals surface area contributed by atoms with Gasteiger partial charge in [-0.3, -0.25) is 9.48 Å². The standard InChI is InChI=1S/C12H21N3O2/c1-10-8-13-15(9-10)7-5-12(17)14(3)6-4-11(2)16/h8-9,11,16H,4-7H2,1-3H3. The van der Waals surface area contributed by atoms with Gasteiger partial charge in [0.25, 0.3) is 0 Å². The summed E-state index contributed by atoms with van der Waals surface area (Å²) in [5.41, 5.74) is 1.10. The Hall–Kier alpha value is -1.36. The van der Waals surface area contributed by atoms with Crippen LogP contribution in [0.2, 0.25) is 0 Å². The molecule has 0 spiro atoms. The lowest BCUT2D eigenvalue weighted by molar-refractivity contribution is -0.130. The number of amides is 1. The van der Waals surface area contributed by atoms with Gasteiger partial charge in [0, 0.05) is 32.8 Å². The van der Waals surface area contributed by atoms with Crippen molar-refractivity contribution in [2.24, 2.45) is 0 Å². The number of carbonyl (C=O) groups is 1. The number of hydrogen-bond donors (Lipinski definition) is 1. The Kier molecular flexibility index (Phi) is 5.15. The molecule has 1 aromatic rings. The fourth-order valence-corrected chi connectivity index (χ4v) is 1.50. The zero-order valence-electron chi connectivity index (χ0n) is 10.8. The van der Waals surface area contributed by atoms with E-state index in [1.807, 2.05) is 13.1 Å². The van der Waals surface area contributed by atoms with Gasteiger partial charge in [0.15, 0.2) is 0 Å². The molecule has 0 aliphatic heterocycles. The molecule has 5 heteroatoms. The summed E-state index contributed by atoms with van der Waals surface area (Å²) in [6.45, 7) is 4.89. The maximum atomic E-state index is 11.7. The zero-order chi connectivity index (χ0) is 12.8. The molecule has 0 radical (unpaired) electrons. The van der Waals surface area contributed by atoms with Crippen LogP contribution in [-0.4, -0.2) is 45.4 Å². The Morgan fingerprint density at radius 2 is 2.35 bits per heavy atom. The van der Waals surface area contributed by atoms with E-state index < -0.39 is 0 Å². The number of carbonyl (C=O) groups excluding carboxylic acids is 1. The SMILES string of the molecule is Cc1cnn(CCC(=O)N(C)CCC(C)O)c1. The highest BCUT2D eigenvalue weighted by Crippen LogP contribution is 2.00. The van der Waals surface area contributed by atoms with Gasteiger partial charge >= 0.3 is 0 Å². The number of aromatic nitrogens is 2. The predicted molar refractivity (Wildman–Crippen MR) is 65.5 cm³/mol. The van der Waals surface area contributed by atoms with Crippen LogP contribution in [0.4, 0.5) is 0 Å². The van der Waals surface area contributed by atoms with Crippen molar-refractivity contribution in [1.82, 2.24) is 14.7 Å². The van der Waals surface area contributed by atoms with Crippen molar-refractivity contribution in [1.29, 1.82) is 0 Å². The van der Waals surface area contributed by atoms with Gasteiger partial charge in [0.1, 0.15) is 0 Å². The van der Waals surface area contributed by atoms with Crippen LogP contribution >= 0.6 is 0 Å². The topological polar surface area (TPSA) is 58.4 Å². The maximum Gasteiger partial charge on any atom is 0.224 e. The minimum Gasteiger partial charge on any atom is -0.393 e. The molecule has 1 aromatic heterocycles. The smallest absolute Gasteiger partial charge is 0.224 e. The largest absolute Gasteiger partial charge is 0.393 e. The second-order valence-corrected chi connectivity index (χ2v) is 4.48. The fourth-order valence-electron chi connectivity index (χ4n) is 1.50. The van der Waals surface area contributed by atoms with Crippen LogP contribution in [0.15, 0.2) is 12.4 Å². The number of aliphatic hydroxyl groups excluding tert-OH is 1. The number of nitrogens with zero attached hydrogens (tertiary/aromatic N) is 3. The number of hydrogen-bond acceptors (Lipinski definition) is 3. The second-order valence-electron chi connectivity index (χ2n) is 4.48. The van der Waals surface area contributed by atoms with Crippen LogP contribution in [0.25, 0.3) is 0 Å². The summed E-state index contributed by atoms with van der Waals surface area (Å²) >= 11 is 0. The Bertz CT molecular complexity index is 360.